The van der Waals surface area contributed by atoms with Crippen molar-refractivity contribution in [3.63, 3.8) is 0 Å². The van der Waals surface area contributed by atoms with Crippen LogP contribution in [0.4, 0.5) is 0 Å². The van der Waals surface area contributed by atoms with Crippen LogP contribution in [0.3, 0.4) is 0 Å². The highest BCUT2D eigenvalue weighted by atomic mass is 16.4. The molecule has 0 fully saturated rings. The summed E-state index contributed by atoms with van der Waals surface area (Å²) in [4.78, 5) is 18.3. The molecule has 0 saturated carbocycles. The van der Waals surface area contributed by atoms with E-state index in [2.05, 4.69) is 9.97 Å². The van der Waals surface area contributed by atoms with Crippen molar-refractivity contribution in [1.29, 1.82) is 0 Å². The van der Waals surface area contributed by atoms with Crippen LogP contribution >= 0.6 is 0 Å². The molecular formula is C14H12N3O2+. The summed E-state index contributed by atoms with van der Waals surface area (Å²) in [6, 6.07) is 11.5. The molecule has 0 atom stereocenters. The van der Waals surface area contributed by atoms with Gasteiger partial charge in [0.1, 0.15) is 5.82 Å². The first-order valence-corrected chi connectivity index (χ1v) is 5.88. The highest BCUT2D eigenvalue weighted by Crippen LogP contribution is 2.18. The Kier molecular flexibility index (Phi) is 2.72. The minimum absolute atomic E-state index is 0.0413. The van der Waals surface area contributed by atoms with Crippen molar-refractivity contribution in [3.05, 3.63) is 48.8 Å². The van der Waals surface area contributed by atoms with Crippen LogP contribution in [0.25, 0.3) is 22.4 Å². The number of carbonyl (C=O) groups is 1. The Bertz CT molecular complexity index is 699. The number of hydrogen-bond acceptors (Lipinski definition) is 2. The molecule has 3 rings (SSSR count). The monoisotopic (exact) mass is 254 g/mol. The second-order valence-corrected chi connectivity index (χ2v) is 4.26. The first-order chi connectivity index (χ1) is 9.22. The van der Waals surface area contributed by atoms with Gasteiger partial charge in [-0.15, -0.1) is 0 Å². The summed E-state index contributed by atoms with van der Waals surface area (Å²) >= 11 is 0. The molecular weight excluding hydrogens is 242 g/mol. The van der Waals surface area contributed by atoms with Gasteiger partial charge in [-0.05, 0) is 12.1 Å². The van der Waals surface area contributed by atoms with E-state index in [9.17, 15) is 4.79 Å². The number of H-pyrrole nitrogens is 1. The van der Waals surface area contributed by atoms with Gasteiger partial charge >= 0.3 is 5.97 Å². The number of carboxylic acid groups (broad SMARTS) is 1. The number of aromatic amines is 1. The van der Waals surface area contributed by atoms with Gasteiger partial charge in [0.25, 0.3) is 0 Å². The molecule has 19 heavy (non-hydrogen) atoms. The zero-order chi connectivity index (χ0) is 13.2. The van der Waals surface area contributed by atoms with E-state index in [1.54, 1.807) is 17.0 Å². The molecule has 2 aromatic heterocycles. The Morgan fingerprint density at radius 3 is 2.63 bits per heavy atom. The molecule has 0 unspecified atom stereocenters. The lowest BCUT2D eigenvalue weighted by Crippen LogP contribution is -2.36. The van der Waals surface area contributed by atoms with Crippen molar-refractivity contribution < 1.29 is 14.5 Å². The minimum Gasteiger partial charge on any atom is -0.477 e. The van der Waals surface area contributed by atoms with Gasteiger partial charge in [-0.2, -0.15) is 4.57 Å². The Hall–Kier alpha value is -2.69. The summed E-state index contributed by atoms with van der Waals surface area (Å²) in [6.07, 6.45) is 3.47. The quantitative estimate of drug-likeness (QED) is 0.697. The van der Waals surface area contributed by atoms with Gasteiger partial charge in [0.15, 0.2) is 12.4 Å². The molecule has 5 heteroatoms. The number of nitrogens with one attached hydrogen (secondary N) is 1. The van der Waals surface area contributed by atoms with E-state index in [0.29, 0.717) is 0 Å². The van der Waals surface area contributed by atoms with Gasteiger partial charge < -0.3 is 10.1 Å². The van der Waals surface area contributed by atoms with Crippen molar-refractivity contribution in [1.82, 2.24) is 9.97 Å². The number of imidazole rings is 1. The van der Waals surface area contributed by atoms with E-state index in [-0.39, 0.29) is 6.54 Å². The largest absolute Gasteiger partial charge is 0.477 e. The van der Waals surface area contributed by atoms with Crippen molar-refractivity contribution in [3.8, 4) is 11.4 Å². The zero-order valence-corrected chi connectivity index (χ0v) is 10.1. The van der Waals surface area contributed by atoms with E-state index in [1.807, 2.05) is 36.4 Å². The number of carboxylic acids is 1. The van der Waals surface area contributed by atoms with Gasteiger partial charge in [0.2, 0.25) is 6.54 Å². The van der Waals surface area contributed by atoms with Crippen molar-refractivity contribution in [2.75, 3.05) is 0 Å². The third-order valence-corrected chi connectivity index (χ3v) is 2.87. The predicted octanol–water partition coefficient (Wildman–Crippen LogP) is 1.60. The second kappa shape index (κ2) is 4.53. The maximum Gasteiger partial charge on any atom is 0.370 e. The smallest absolute Gasteiger partial charge is 0.370 e. The average Bonchev–Trinajstić information content (AvgIpc) is 2.82. The molecule has 0 aliphatic carbocycles. The van der Waals surface area contributed by atoms with Crippen LogP contribution in [-0.4, -0.2) is 21.0 Å². The summed E-state index contributed by atoms with van der Waals surface area (Å²) in [6.45, 7) is -0.0413. The lowest BCUT2D eigenvalue weighted by atomic mass is 10.2. The number of hydrogen-bond donors (Lipinski definition) is 2. The number of aromatic nitrogens is 3. The van der Waals surface area contributed by atoms with Crippen LogP contribution in [0.1, 0.15) is 0 Å². The van der Waals surface area contributed by atoms with Crippen LogP contribution < -0.4 is 4.57 Å². The molecule has 0 saturated heterocycles. The second-order valence-electron chi connectivity index (χ2n) is 4.26. The molecule has 94 valence electrons. The minimum atomic E-state index is -0.860. The van der Waals surface area contributed by atoms with Crippen molar-refractivity contribution in [2.45, 2.75) is 6.54 Å². The standard InChI is InChI=1S/C14H11N3O2/c18-13(19)9-17-7-5-10(6-8-17)14-15-11-3-1-2-4-12(11)16-14/h1-8H,9H2,(H,18,19)/p+1. The van der Waals surface area contributed by atoms with E-state index >= 15 is 0 Å². The van der Waals surface area contributed by atoms with Gasteiger partial charge in [-0.1, -0.05) is 12.1 Å². The van der Waals surface area contributed by atoms with Crippen molar-refractivity contribution >= 4 is 17.0 Å². The molecule has 0 aliphatic rings. The van der Waals surface area contributed by atoms with E-state index in [4.69, 9.17) is 5.11 Å². The maximum atomic E-state index is 10.6. The van der Waals surface area contributed by atoms with E-state index in [1.165, 1.54) is 0 Å². The molecule has 0 spiro atoms. The van der Waals surface area contributed by atoms with Gasteiger partial charge in [0, 0.05) is 17.7 Å². The summed E-state index contributed by atoms with van der Waals surface area (Å²) in [5.41, 5.74) is 2.83. The van der Waals surface area contributed by atoms with Crippen LogP contribution in [0.2, 0.25) is 0 Å². The maximum absolute atomic E-state index is 10.6. The normalized spacial score (nSPS) is 10.7. The highest BCUT2D eigenvalue weighted by Gasteiger charge is 2.09. The zero-order valence-electron chi connectivity index (χ0n) is 10.1. The summed E-state index contributed by atoms with van der Waals surface area (Å²) in [5.74, 6) is -0.0786. The fourth-order valence-corrected chi connectivity index (χ4v) is 1.97. The number of para-hydroxylation sites is 2. The van der Waals surface area contributed by atoms with Crippen LogP contribution in [0.5, 0.6) is 0 Å². The van der Waals surface area contributed by atoms with Gasteiger partial charge in [0.05, 0.1) is 11.0 Å². The molecule has 3 aromatic rings. The number of fused-ring (bicyclic) bond motifs is 1. The molecule has 2 heterocycles. The number of benzene rings is 1. The molecule has 0 aliphatic heterocycles. The molecule has 2 N–H and O–H groups in total. The molecule has 0 radical (unpaired) electrons. The van der Waals surface area contributed by atoms with Crippen molar-refractivity contribution in [2.24, 2.45) is 0 Å². The third kappa shape index (κ3) is 2.30. The SMILES string of the molecule is O=C(O)C[n+]1ccc(-c2nc3ccccc3[nH]2)cc1. The molecule has 0 amide bonds. The van der Waals surface area contributed by atoms with Crippen LogP contribution in [0.15, 0.2) is 48.8 Å². The highest BCUT2D eigenvalue weighted by molar-refractivity contribution is 5.79. The predicted molar refractivity (Wildman–Crippen MR) is 69.4 cm³/mol. The topological polar surface area (TPSA) is 69.9 Å². The lowest BCUT2D eigenvalue weighted by Gasteiger charge is -1.95. The fourth-order valence-electron chi connectivity index (χ4n) is 1.97. The average molecular weight is 254 g/mol. The molecule has 0 bridgehead atoms. The first-order valence-electron chi connectivity index (χ1n) is 5.88. The third-order valence-electron chi connectivity index (χ3n) is 2.87. The van der Waals surface area contributed by atoms with Gasteiger partial charge in [-0.25, -0.2) is 9.78 Å². The number of rotatable bonds is 3. The summed E-state index contributed by atoms with van der Waals surface area (Å²) < 4.78 is 1.61. The lowest BCUT2D eigenvalue weighted by molar-refractivity contribution is -0.685. The van der Waals surface area contributed by atoms with Gasteiger partial charge in [-0.3, -0.25) is 0 Å². The molecule has 5 nitrogen and oxygen atoms in total. The summed E-state index contributed by atoms with van der Waals surface area (Å²) in [7, 11) is 0. The Morgan fingerprint density at radius 2 is 1.95 bits per heavy atom. The van der Waals surface area contributed by atoms with E-state index in [0.717, 1.165) is 22.4 Å². The Labute approximate surface area is 109 Å². The fraction of sp³-hybridized carbons (Fsp3) is 0.0714. The number of aliphatic carboxylic acids is 1. The van der Waals surface area contributed by atoms with E-state index < -0.39 is 5.97 Å². The summed E-state index contributed by atoms with van der Waals surface area (Å²) in [5, 5.41) is 8.71. The Balaban J connectivity index is 1.95. The number of nitrogens with zero attached hydrogens (tertiary/aromatic N) is 2. The van der Waals surface area contributed by atoms with Crippen LogP contribution in [0, 0.1) is 0 Å². The first kappa shape index (κ1) is 11.4. The Morgan fingerprint density at radius 1 is 1.21 bits per heavy atom. The molecule has 1 aromatic carbocycles. The number of pyridine rings is 1. The van der Waals surface area contributed by atoms with Crippen LogP contribution in [-0.2, 0) is 11.3 Å².